The number of nitrogens with two attached hydrogens (primary N) is 1. The van der Waals surface area contributed by atoms with Gasteiger partial charge in [-0.15, -0.1) is 11.3 Å². The predicted molar refractivity (Wildman–Crippen MR) is 92.4 cm³/mol. The number of primary amides is 1. The van der Waals surface area contributed by atoms with Crippen molar-refractivity contribution in [2.45, 2.75) is 26.7 Å². The molecule has 2 N–H and O–H groups in total. The lowest BCUT2D eigenvalue weighted by atomic mass is 9.95. The SMILES string of the molecule is C/C=C(\C=C(/CC)C1CC(=O)N(c2ccc(C(N)=O)s2)C1)OC. The third kappa shape index (κ3) is 3.82. The standard InChI is InChI=1S/C17H22N2O3S/c1-4-11(8-13(5-2)22-3)12-9-15(20)19(10-12)16-7-6-14(23-16)17(18)21/h5-8,12H,4,9-10H2,1-3H3,(H2,18,21)/b11-8+,13-5+. The van der Waals surface area contributed by atoms with Gasteiger partial charge in [0.2, 0.25) is 5.91 Å². The molecule has 2 amide bonds. The van der Waals surface area contributed by atoms with E-state index in [9.17, 15) is 9.59 Å². The zero-order chi connectivity index (χ0) is 17.0. The Morgan fingerprint density at radius 2 is 2.26 bits per heavy atom. The van der Waals surface area contributed by atoms with Crippen LogP contribution >= 0.6 is 11.3 Å². The van der Waals surface area contributed by atoms with Crippen molar-refractivity contribution in [2.75, 3.05) is 18.6 Å². The van der Waals surface area contributed by atoms with Crippen molar-refractivity contribution in [3.8, 4) is 0 Å². The van der Waals surface area contributed by atoms with Gasteiger partial charge in [0.05, 0.1) is 17.0 Å². The molecule has 1 aliphatic heterocycles. The van der Waals surface area contributed by atoms with E-state index in [1.807, 2.05) is 19.1 Å². The Bertz CT molecular complexity index is 661. The van der Waals surface area contributed by atoms with Gasteiger partial charge in [-0.2, -0.15) is 0 Å². The van der Waals surface area contributed by atoms with Crippen molar-refractivity contribution in [2.24, 2.45) is 11.7 Å². The number of carbonyl (C=O) groups excluding carboxylic acids is 2. The molecule has 23 heavy (non-hydrogen) atoms. The summed E-state index contributed by atoms with van der Waals surface area (Å²) in [6.45, 7) is 4.63. The molecule has 1 aliphatic rings. The number of thiophene rings is 1. The van der Waals surface area contributed by atoms with Crippen molar-refractivity contribution >= 4 is 28.2 Å². The molecular weight excluding hydrogens is 312 g/mol. The lowest BCUT2D eigenvalue weighted by molar-refractivity contribution is -0.117. The highest BCUT2D eigenvalue weighted by Crippen LogP contribution is 2.34. The van der Waals surface area contributed by atoms with E-state index >= 15 is 0 Å². The number of hydrogen-bond acceptors (Lipinski definition) is 4. The number of hydrogen-bond donors (Lipinski definition) is 1. The van der Waals surface area contributed by atoms with E-state index in [0.717, 1.165) is 17.2 Å². The second kappa shape index (κ2) is 7.46. The molecule has 1 aromatic heterocycles. The maximum atomic E-state index is 12.4. The van der Waals surface area contributed by atoms with Crippen LogP contribution in [0.25, 0.3) is 0 Å². The van der Waals surface area contributed by atoms with Crippen molar-refractivity contribution < 1.29 is 14.3 Å². The number of anilines is 1. The number of amides is 2. The fourth-order valence-electron chi connectivity index (χ4n) is 2.73. The molecule has 1 unspecified atom stereocenters. The maximum Gasteiger partial charge on any atom is 0.258 e. The van der Waals surface area contributed by atoms with Gasteiger partial charge in [-0.3, -0.25) is 9.59 Å². The molecule has 1 atom stereocenters. The van der Waals surface area contributed by atoms with E-state index in [2.05, 4.69) is 6.92 Å². The summed E-state index contributed by atoms with van der Waals surface area (Å²) < 4.78 is 5.30. The molecule has 0 radical (unpaired) electrons. The number of allylic oxidation sites excluding steroid dienone is 2. The number of carbonyl (C=O) groups is 2. The van der Waals surface area contributed by atoms with E-state index < -0.39 is 5.91 Å². The van der Waals surface area contributed by atoms with Gasteiger partial charge < -0.3 is 15.4 Å². The Morgan fingerprint density at radius 3 is 2.78 bits per heavy atom. The summed E-state index contributed by atoms with van der Waals surface area (Å²) in [4.78, 5) is 25.8. The van der Waals surface area contributed by atoms with Gasteiger partial charge in [-0.1, -0.05) is 12.5 Å². The molecular formula is C17H22N2O3S. The Kier molecular flexibility index (Phi) is 5.60. The van der Waals surface area contributed by atoms with Crippen molar-refractivity contribution in [1.82, 2.24) is 0 Å². The molecule has 0 aliphatic carbocycles. The highest BCUT2D eigenvalue weighted by Gasteiger charge is 2.33. The van der Waals surface area contributed by atoms with Crippen LogP contribution in [0.5, 0.6) is 0 Å². The zero-order valence-corrected chi connectivity index (χ0v) is 14.5. The molecule has 2 heterocycles. The van der Waals surface area contributed by atoms with Gasteiger partial charge in [0.25, 0.3) is 5.91 Å². The topological polar surface area (TPSA) is 72.6 Å². The summed E-state index contributed by atoms with van der Waals surface area (Å²) in [7, 11) is 1.64. The molecule has 5 nitrogen and oxygen atoms in total. The first kappa shape index (κ1) is 17.3. The third-order valence-corrected chi connectivity index (χ3v) is 5.13. The largest absolute Gasteiger partial charge is 0.497 e. The Balaban J connectivity index is 2.19. The minimum Gasteiger partial charge on any atom is -0.497 e. The smallest absolute Gasteiger partial charge is 0.258 e. The fraction of sp³-hybridized carbons (Fsp3) is 0.412. The number of ether oxygens (including phenoxy) is 1. The predicted octanol–water partition coefficient (Wildman–Crippen LogP) is 3.09. The highest BCUT2D eigenvalue weighted by molar-refractivity contribution is 7.18. The van der Waals surface area contributed by atoms with Crippen LogP contribution in [-0.2, 0) is 9.53 Å². The van der Waals surface area contributed by atoms with Gasteiger partial charge in [0, 0.05) is 18.9 Å². The molecule has 0 bridgehead atoms. The molecule has 1 fully saturated rings. The lowest BCUT2D eigenvalue weighted by Crippen LogP contribution is -2.23. The van der Waals surface area contributed by atoms with E-state index in [0.29, 0.717) is 17.8 Å². The summed E-state index contributed by atoms with van der Waals surface area (Å²) in [5.74, 6) is 0.583. The quantitative estimate of drug-likeness (QED) is 0.642. The molecule has 0 saturated carbocycles. The first-order valence-electron chi connectivity index (χ1n) is 7.60. The van der Waals surface area contributed by atoms with Crippen LogP contribution in [0.3, 0.4) is 0 Å². The maximum absolute atomic E-state index is 12.4. The number of nitrogens with zero attached hydrogens (tertiary/aromatic N) is 1. The first-order chi connectivity index (χ1) is 11.0. The van der Waals surface area contributed by atoms with Crippen LogP contribution in [0.1, 0.15) is 36.4 Å². The fourth-order valence-corrected chi connectivity index (χ4v) is 3.61. The van der Waals surface area contributed by atoms with Crippen LogP contribution in [0.4, 0.5) is 5.00 Å². The summed E-state index contributed by atoms with van der Waals surface area (Å²) in [6.07, 6.45) is 5.26. The summed E-state index contributed by atoms with van der Waals surface area (Å²) >= 11 is 1.26. The van der Waals surface area contributed by atoms with E-state index in [-0.39, 0.29) is 11.8 Å². The van der Waals surface area contributed by atoms with Crippen molar-refractivity contribution in [3.05, 3.63) is 40.5 Å². The van der Waals surface area contributed by atoms with Gasteiger partial charge in [0.1, 0.15) is 5.76 Å². The average Bonchev–Trinajstić information content (AvgIpc) is 3.15. The second-order valence-corrected chi connectivity index (χ2v) is 6.44. The van der Waals surface area contributed by atoms with Crippen LogP contribution < -0.4 is 10.6 Å². The first-order valence-corrected chi connectivity index (χ1v) is 8.42. The zero-order valence-electron chi connectivity index (χ0n) is 13.7. The van der Waals surface area contributed by atoms with E-state index in [1.54, 1.807) is 24.1 Å². The van der Waals surface area contributed by atoms with Gasteiger partial charge >= 0.3 is 0 Å². The van der Waals surface area contributed by atoms with Crippen molar-refractivity contribution in [1.29, 1.82) is 0 Å². The number of methoxy groups -OCH3 is 1. The second-order valence-electron chi connectivity index (χ2n) is 5.38. The highest BCUT2D eigenvalue weighted by atomic mass is 32.1. The van der Waals surface area contributed by atoms with E-state index in [4.69, 9.17) is 10.5 Å². The summed E-state index contributed by atoms with van der Waals surface area (Å²) in [5, 5.41) is 0.778. The monoisotopic (exact) mass is 334 g/mol. The van der Waals surface area contributed by atoms with Crippen LogP contribution in [0.15, 0.2) is 35.6 Å². The molecule has 1 aromatic rings. The lowest BCUT2D eigenvalue weighted by Gasteiger charge is -2.16. The molecule has 2 rings (SSSR count). The molecule has 124 valence electrons. The van der Waals surface area contributed by atoms with Gasteiger partial charge in [-0.25, -0.2) is 0 Å². The normalized spacial score (nSPS) is 19.3. The van der Waals surface area contributed by atoms with Crippen LogP contribution in [-0.4, -0.2) is 25.5 Å². The minimum absolute atomic E-state index is 0.0756. The molecule has 0 spiro atoms. The van der Waals surface area contributed by atoms with Gasteiger partial charge in [0.15, 0.2) is 0 Å². The Hall–Kier alpha value is -2.08. The third-order valence-electron chi connectivity index (χ3n) is 4.01. The summed E-state index contributed by atoms with van der Waals surface area (Å²) in [5.41, 5.74) is 6.48. The van der Waals surface area contributed by atoms with Crippen molar-refractivity contribution in [3.63, 3.8) is 0 Å². The van der Waals surface area contributed by atoms with Gasteiger partial charge in [-0.05, 0) is 37.6 Å². The van der Waals surface area contributed by atoms with E-state index in [1.165, 1.54) is 16.9 Å². The minimum atomic E-state index is -0.462. The molecule has 1 saturated heterocycles. The number of rotatable bonds is 6. The Labute approximate surface area is 140 Å². The summed E-state index contributed by atoms with van der Waals surface area (Å²) in [6, 6.07) is 3.45. The van der Waals surface area contributed by atoms with Crippen LogP contribution in [0.2, 0.25) is 0 Å². The average molecular weight is 334 g/mol. The molecule has 6 heteroatoms. The molecule has 0 aromatic carbocycles. The Morgan fingerprint density at radius 1 is 1.52 bits per heavy atom. The van der Waals surface area contributed by atoms with Crippen LogP contribution in [0, 0.1) is 5.92 Å².